The molecule has 10 heteroatoms. The van der Waals surface area contributed by atoms with Gasteiger partial charge in [0, 0.05) is 19.0 Å². The van der Waals surface area contributed by atoms with E-state index in [-0.39, 0.29) is 29.2 Å². The Balaban J connectivity index is 0.00000264. The Morgan fingerprint density at radius 2 is 1.96 bits per heavy atom. The minimum Gasteiger partial charge on any atom is -0.325 e. The summed E-state index contributed by atoms with van der Waals surface area (Å²) in [5.74, 6) is -1.39. The van der Waals surface area contributed by atoms with E-state index in [9.17, 15) is 17.6 Å². The third-order valence-electron chi connectivity index (χ3n) is 3.28. The Kier molecular flexibility index (Phi) is 7.22. The molecule has 0 atom stereocenters. The highest BCUT2D eigenvalue weighted by atomic mass is 35.5. The molecule has 1 fully saturated rings. The van der Waals surface area contributed by atoms with Gasteiger partial charge in [0.1, 0.15) is 10.7 Å². The van der Waals surface area contributed by atoms with Gasteiger partial charge in [-0.05, 0) is 32.0 Å². The summed E-state index contributed by atoms with van der Waals surface area (Å²) in [5, 5.41) is 5.42. The van der Waals surface area contributed by atoms with Crippen LogP contribution in [0, 0.1) is 5.82 Å². The maximum absolute atomic E-state index is 14.1. The van der Waals surface area contributed by atoms with E-state index in [1.165, 1.54) is 6.92 Å². The second-order valence-corrected chi connectivity index (χ2v) is 7.18. The number of anilines is 1. The zero-order valence-corrected chi connectivity index (χ0v) is 14.7. The fraction of sp³-hybridized carbons (Fsp3) is 0.462. The van der Waals surface area contributed by atoms with Gasteiger partial charge < -0.3 is 10.6 Å². The van der Waals surface area contributed by atoms with E-state index in [4.69, 9.17) is 11.6 Å². The molecule has 0 aromatic heterocycles. The summed E-state index contributed by atoms with van der Waals surface area (Å²) in [4.78, 5) is 10.5. The van der Waals surface area contributed by atoms with Crippen molar-refractivity contribution in [3.63, 3.8) is 0 Å². The Hall–Kier alpha value is -0.930. The van der Waals surface area contributed by atoms with Gasteiger partial charge in [0.25, 0.3) is 0 Å². The molecule has 3 N–H and O–H groups in total. The summed E-state index contributed by atoms with van der Waals surface area (Å²) in [5.41, 5.74) is 0.0347. The number of piperidine rings is 1. The lowest BCUT2D eigenvalue weighted by atomic mass is 10.1. The SMILES string of the molecule is CC(=O)Nc1cc(F)c(S(=O)(=O)NC2CCNCC2)cc1Cl.Cl. The van der Waals surface area contributed by atoms with E-state index < -0.39 is 26.6 Å². The van der Waals surface area contributed by atoms with Gasteiger partial charge in [-0.15, -0.1) is 12.4 Å². The Morgan fingerprint density at radius 3 is 2.52 bits per heavy atom. The van der Waals surface area contributed by atoms with Crippen LogP contribution in [0.2, 0.25) is 5.02 Å². The van der Waals surface area contributed by atoms with Crippen LogP contribution in [0.3, 0.4) is 0 Å². The van der Waals surface area contributed by atoms with Crippen LogP contribution in [0.5, 0.6) is 0 Å². The van der Waals surface area contributed by atoms with Gasteiger partial charge in [0.15, 0.2) is 0 Å². The molecule has 0 bridgehead atoms. The second-order valence-electron chi connectivity index (χ2n) is 5.09. The molecule has 1 aromatic carbocycles. The van der Waals surface area contributed by atoms with Crippen molar-refractivity contribution in [3.8, 4) is 0 Å². The van der Waals surface area contributed by atoms with Crippen molar-refractivity contribution < 1.29 is 17.6 Å². The summed E-state index contributed by atoms with van der Waals surface area (Å²) in [6, 6.07) is 1.67. The van der Waals surface area contributed by atoms with Crippen molar-refractivity contribution in [1.29, 1.82) is 0 Å². The monoisotopic (exact) mass is 385 g/mol. The first-order valence-corrected chi connectivity index (χ1v) is 8.65. The molecule has 1 saturated heterocycles. The first kappa shape index (κ1) is 20.1. The van der Waals surface area contributed by atoms with Crippen molar-refractivity contribution in [2.75, 3.05) is 18.4 Å². The fourth-order valence-corrected chi connectivity index (χ4v) is 3.91. The summed E-state index contributed by atoms with van der Waals surface area (Å²) in [7, 11) is -4.01. The lowest BCUT2D eigenvalue weighted by Crippen LogP contribution is -2.42. The smallest absolute Gasteiger partial charge is 0.243 e. The van der Waals surface area contributed by atoms with Crippen molar-refractivity contribution in [1.82, 2.24) is 10.0 Å². The van der Waals surface area contributed by atoms with Gasteiger partial charge in [-0.2, -0.15) is 0 Å². The molecule has 1 amide bonds. The molecule has 23 heavy (non-hydrogen) atoms. The van der Waals surface area contributed by atoms with E-state index in [0.29, 0.717) is 25.9 Å². The zero-order chi connectivity index (χ0) is 16.3. The molecule has 6 nitrogen and oxygen atoms in total. The number of halogens is 3. The molecule has 130 valence electrons. The first-order chi connectivity index (χ1) is 10.3. The summed E-state index contributed by atoms with van der Waals surface area (Å²) in [6.07, 6.45) is 1.27. The minimum absolute atomic E-state index is 0. The minimum atomic E-state index is -4.01. The molecule has 0 radical (unpaired) electrons. The highest BCUT2D eigenvalue weighted by Crippen LogP contribution is 2.28. The predicted octanol–water partition coefficient (Wildman–Crippen LogP) is 1.89. The number of hydrogen-bond donors (Lipinski definition) is 3. The van der Waals surface area contributed by atoms with Gasteiger partial charge in [0.2, 0.25) is 15.9 Å². The van der Waals surface area contributed by atoms with Crippen LogP contribution in [0.1, 0.15) is 19.8 Å². The van der Waals surface area contributed by atoms with E-state index in [1.807, 2.05) is 0 Å². The molecular weight excluding hydrogens is 368 g/mol. The third-order valence-corrected chi connectivity index (χ3v) is 5.13. The number of carbonyl (C=O) groups is 1. The quantitative estimate of drug-likeness (QED) is 0.738. The molecule has 1 aromatic rings. The normalized spacial score (nSPS) is 15.8. The van der Waals surface area contributed by atoms with Crippen LogP contribution in [-0.4, -0.2) is 33.5 Å². The lowest BCUT2D eigenvalue weighted by molar-refractivity contribution is -0.114. The highest BCUT2D eigenvalue weighted by molar-refractivity contribution is 7.89. The Bertz CT molecular complexity index is 679. The second kappa shape index (κ2) is 8.25. The molecule has 0 unspecified atom stereocenters. The zero-order valence-electron chi connectivity index (χ0n) is 12.4. The van der Waals surface area contributed by atoms with Crippen molar-refractivity contribution >= 4 is 45.6 Å². The average Bonchev–Trinajstić information content (AvgIpc) is 2.42. The number of amides is 1. The van der Waals surface area contributed by atoms with Gasteiger partial charge in [0.05, 0.1) is 10.7 Å². The van der Waals surface area contributed by atoms with E-state index >= 15 is 0 Å². The molecular formula is C13H18Cl2FN3O3S. The molecule has 0 aliphatic carbocycles. The standard InChI is InChI=1S/C13H17ClFN3O3S.ClH/c1-8(19)17-12-7-11(15)13(6-10(12)14)22(20,21)18-9-2-4-16-5-3-9;/h6-7,9,16,18H,2-5H2,1H3,(H,17,19);1H. The summed E-state index contributed by atoms with van der Waals surface area (Å²) >= 11 is 5.91. The fourth-order valence-electron chi connectivity index (χ4n) is 2.24. The van der Waals surface area contributed by atoms with Crippen molar-refractivity contribution in [2.45, 2.75) is 30.7 Å². The summed E-state index contributed by atoms with van der Waals surface area (Å²) in [6.45, 7) is 2.66. The number of rotatable bonds is 4. The summed E-state index contributed by atoms with van der Waals surface area (Å²) < 4.78 is 41.2. The topological polar surface area (TPSA) is 87.3 Å². The van der Waals surface area contributed by atoms with Crippen molar-refractivity contribution in [3.05, 3.63) is 23.0 Å². The van der Waals surface area contributed by atoms with Crippen LogP contribution >= 0.6 is 24.0 Å². The maximum Gasteiger partial charge on any atom is 0.243 e. The largest absolute Gasteiger partial charge is 0.325 e. The predicted molar refractivity (Wildman–Crippen MR) is 89.2 cm³/mol. The number of benzene rings is 1. The van der Waals surface area contributed by atoms with Gasteiger partial charge >= 0.3 is 0 Å². The van der Waals surface area contributed by atoms with Crippen molar-refractivity contribution in [2.24, 2.45) is 0 Å². The van der Waals surface area contributed by atoms with E-state index in [0.717, 1.165) is 12.1 Å². The number of sulfonamides is 1. The lowest BCUT2D eigenvalue weighted by Gasteiger charge is -2.23. The molecule has 2 rings (SSSR count). The van der Waals surface area contributed by atoms with Gasteiger partial charge in [-0.3, -0.25) is 4.79 Å². The van der Waals surface area contributed by atoms with Crippen LogP contribution < -0.4 is 15.4 Å². The number of nitrogens with one attached hydrogen (secondary N) is 3. The van der Waals surface area contributed by atoms with E-state index in [2.05, 4.69) is 15.4 Å². The average molecular weight is 386 g/mol. The van der Waals surface area contributed by atoms with Crippen LogP contribution in [-0.2, 0) is 14.8 Å². The van der Waals surface area contributed by atoms with Crippen LogP contribution in [0.25, 0.3) is 0 Å². The van der Waals surface area contributed by atoms with Crippen LogP contribution in [0.15, 0.2) is 17.0 Å². The number of carbonyl (C=O) groups excluding carboxylic acids is 1. The third kappa shape index (κ3) is 5.29. The van der Waals surface area contributed by atoms with Gasteiger partial charge in [-0.25, -0.2) is 17.5 Å². The maximum atomic E-state index is 14.1. The molecule has 1 aliphatic heterocycles. The highest BCUT2D eigenvalue weighted by Gasteiger charge is 2.25. The van der Waals surface area contributed by atoms with E-state index in [1.54, 1.807) is 0 Å². The Labute approximate surface area is 145 Å². The number of hydrogen-bond acceptors (Lipinski definition) is 4. The molecule has 0 saturated carbocycles. The Morgan fingerprint density at radius 1 is 1.35 bits per heavy atom. The molecule has 1 aliphatic rings. The first-order valence-electron chi connectivity index (χ1n) is 6.79. The van der Waals surface area contributed by atoms with Gasteiger partial charge in [-0.1, -0.05) is 11.6 Å². The molecule has 0 spiro atoms. The molecule has 1 heterocycles. The van der Waals surface area contributed by atoms with Crippen LogP contribution in [0.4, 0.5) is 10.1 Å².